The normalized spacial score (nSPS) is 11.2. The van der Waals surface area contributed by atoms with E-state index in [0.29, 0.717) is 22.8 Å². The summed E-state index contributed by atoms with van der Waals surface area (Å²) in [6.07, 6.45) is -4.82. The van der Waals surface area contributed by atoms with Crippen LogP contribution in [0.4, 0.5) is 18.9 Å². The monoisotopic (exact) mass is 408 g/mol. The predicted molar refractivity (Wildman–Crippen MR) is 98.4 cm³/mol. The highest BCUT2D eigenvalue weighted by Gasteiger charge is 2.30. The largest absolute Gasteiger partial charge is 0.573 e. The summed E-state index contributed by atoms with van der Waals surface area (Å²) in [5.74, 6) is -0.301. The van der Waals surface area contributed by atoms with E-state index in [1.54, 1.807) is 4.57 Å². The lowest BCUT2D eigenvalue weighted by Gasteiger charge is -2.10. The van der Waals surface area contributed by atoms with Gasteiger partial charge in [0, 0.05) is 5.69 Å². The Kier molecular flexibility index (Phi) is 5.78. The fourth-order valence-electron chi connectivity index (χ4n) is 2.50. The number of hydrogen-bond donors (Lipinski definition) is 2. The zero-order valence-corrected chi connectivity index (χ0v) is 15.2. The molecule has 3 rings (SSSR count). The molecule has 0 saturated heterocycles. The number of nitrogens with one attached hydrogen (secondary N) is 2. The van der Waals surface area contributed by atoms with E-state index in [0.717, 1.165) is 17.7 Å². The molecular formula is C18H15F3N4O2S. The van der Waals surface area contributed by atoms with Gasteiger partial charge in [-0.25, -0.2) is 0 Å². The van der Waals surface area contributed by atoms with Crippen molar-refractivity contribution in [1.29, 1.82) is 0 Å². The Morgan fingerprint density at radius 3 is 2.46 bits per heavy atom. The van der Waals surface area contributed by atoms with Crippen LogP contribution in [0.25, 0.3) is 0 Å². The molecule has 2 N–H and O–H groups in total. The zero-order valence-electron chi connectivity index (χ0n) is 14.4. The topological polar surface area (TPSA) is 71.9 Å². The Labute approximate surface area is 163 Å². The first-order valence-electron chi connectivity index (χ1n) is 8.14. The van der Waals surface area contributed by atoms with Gasteiger partial charge in [0.2, 0.25) is 5.91 Å². The van der Waals surface area contributed by atoms with Crippen LogP contribution in [0.1, 0.15) is 11.4 Å². The van der Waals surface area contributed by atoms with Gasteiger partial charge in [-0.2, -0.15) is 5.10 Å². The van der Waals surface area contributed by atoms with Crippen LogP contribution in [-0.2, 0) is 17.8 Å². The number of nitrogens with zero attached hydrogens (tertiary/aromatic N) is 2. The number of ether oxygens (including phenoxy) is 1. The van der Waals surface area contributed by atoms with Crippen LogP contribution >= 0.6 is 12.2 Å². The second-order valence-electron chi connectivity index (χ2n) is 5.81. The molecule has 6 nitrogen and oxygen atoms in total. The molecule has 0 spiro atoms. The van der Waals surface area contributed by atoms with Gasteiger partial charge in [0.15, 0.2) is 4.77 Å². The van der Waals surface area contributed by atoms with E-state index < -0.39 is 6.36 Å². The van der Waals surface area contributed by atoms with Crippen molar-refractivity contribution < 1.29 is 22.7 Å². The van der Waals surface area contributed by atoms with E-state index >= 15 is 0 Å². The minimum Gasteiger partial charge on any atom is -0.406 e. The first-order chi connectivity index (χ1) is 13.3. The average molecular weight is 408 g/mol. The maximum atomic E-state index is 12.3. The third-order valence-corrected chi connectivity index (χ3v) is 4.02. The molecule has 0 radical (unpaired) electrons. The van der Waals surface area contributed by atoms with Crippen LogP contribution in [0.15, 0.2) is 54.6 Å². The molecule has 0 aliphatic heterocycles. The molecule has 1 amide bonds. The number of H-pyrrole nitrogens is 1. The number of carbonyl (C=O) groups excluding carboxylic acids is 1. The zero-order chi connectivity index (χ0) is 20.1. The van der Waals surface area contributed by atoms with E-state index in [4.69, 9.17) is 12.2 Å². The molecule has 0 aliphatic carbocycles. The molecule has 0 aliphatic rings. The maximum Gasteiger partial charge on any atom is 0.573 e. The van der Waals surface area contributed by atoms with Crippen molar-refractivity contribution in [2.75, 3.05) is 5.32 Å². The van der Waals surface area contributed by atoms with E-state index in [-0.39, 0.29) is 18.1 Å². The molecule has 10 heteroatoms. The molecule has 3 aromatic rings. The van der Waals surface area contributed by atoms with Gasteiger partial charge in [-0.1, -0.05) is 30.3 Å². The highest BCUT2D eigenvalue weighted by atomic mass is 32.1. The van der Waals surface area contributed by atoms with Crippen molar-refractivity contribution in [2.45, 2.75) is 19.3 Å². The minimum absolute atomic E-state index is 0.0548. The van der Waals surface area contributed by atoms with Crippen molar-refractivity contribution in [3.8, 4) is 5.75 Å². The third-order valence-electron chi connectivity index (χ3n) is 3.71. The maximum absolute atomic E-state index is 12.3. The summed E-state index contributed by atoms with van der Waals surface area (Å²) in [4.78, 5) is 12.3. The van der Waals surface area contributed by atoms with E-state index in [1.165, 1.54) is 12.1 Å². The number of halogens is 3. The summed E-state index contributed by atoms with van der Waals surface area (Å²) in [6.45, 7) is 0.461. The lowest BCUT2D eigenvalue weighted by molar-refractivity contribution is -0.274. The van der Waals surface area contributed by atoms with Crippen LogP contribution in [0.5, 0.6) is 5.75 Å². The standard InChI is InChI=1S/C18H15F3N4O2S/c19-18(20,21)27-14-8-6-13(7-9-14)22-16(26)10-15-23-24-17(28)25(15)11-12-4-2-1-3-5-12/h1-9H,10-11H2,(H,22,26)(H,24,28). The Hall–Kier alpha value is -3.14. The molecule has 1 heterocycles. The first kappa shape index (κ1) is 19.6. The molecule has 146 valence electrons. The number of rotatable bonds is 6. The number of amides is 1. The van der Waals surface area contributed by atoms with Crippen LogP contribution < -0.4 is 10.1 Å². The Balaban J connectivity index is 1.65. The van der Waals surface area contributed by atoms with Crippen molar-refractivity contribution in [2.24, 2.45) is 0 Å². The van der Waals surface area contributed by atoms with Gasteiger partial charge in [0.05, 0.1) is 13.0 Å². The molecule has 0 atom stereocenters. The SMILES string of the molecule is O=C(Cc1n[nH]c(=S)n1Cc1ccccc1)Nc1ccc(OC(F)(F)F)cc1. The molecule has 0 fully saturated rings. The number of aromatic amines is 1. The molecule has 0 saturated carbocycles. The smallest absolute Gasteiger partial charge is 0.406 e. The van der Waals surface area contributed by atoms with E-state index in [2.05, 4.69) is 20.3 Å². The predicted octanol–water partition coefficient (Wildman–Crippen LogP) is 4.07. The molecule has 0 unspecified atom stereocenters. The summed E-state index contributed by atoms with van der Waals surface area (Å²) in [7, 11) is 0. The lowest BCUT2D eigenvalue weighted by Crippen LogP contribution is -2.18. The second kappa shape index (κ2) is 8.26. The van der Waals surface area contributed by atoms with Gasteiger partial charge in [-0.3, -0.25) is 14.5 Å². The summed E-state index contributed by atoms with van der Waals surface area (Å²) in [6, 6.07) is 14.4. The van der Waals surface area contributed by atoms with Gasteiger partial charge < -0.3 is 10.1 Å². The summed E-state index contributed by atoms with van der Waals surface area (Å²) >= 11 is 5.22. The summed E-state index contributed by atoms with van der Waals surface area (Å²) in [5, 5.41) is 9.36. The number of anilines is 1. The van der Waals surface area contributed by atoms with Gasteiger partial charge >= 0.3 is 6.36 Å². The van der Waals surface area contributed by atoms with Crippen molar-refractivity contribution >= 4 is 23.8 Å². The van der Waals surface area contributed by atoms with Crippen LogP contribution in [0, 0.1) is 4.77 Å². The second-order valence-corrected chi connectivity index (χ2v) is 6.20. The molecule has 28 heavy (non-hydrogen) atoms. The van der Waals surface area contributed by atoms with Crippen molar-refractivity contribution in [3.63, 3.8) is 0 Å². The van der Waals surface area contributed by atoms with E-state index in [9.17, 15) is 18.0 Å². The molecule has 2 aromatic carbocycles. The first-order valence-corrected chi connectivity index (χ1v) is 8.55. The number of alkyl halides is 3. The van der Waals surface area contributed by atoms with Gasteiger partial charge in [0.25, 0.3) is 0 Å². The van der Waals surface area contributed by atoms with Gasteiger partial charge in [0.1, 0.15) is 11.6 Å². The average Bonchev–Trinajstić information content (AvgIpc) is 2.96. The van der Waals surface area contributed by atoms with Crippen LogP contribution in [0.3, 0.4) is 0 Å². The Bertz CT molecular complexity index is 998. The fourth-order valence-corrected chi connectivity index (χ4v) is 2.72. The highest BCUT2D eigenvalue weighted by Crippen LogP contribution is 2.24. The highest BCUT2D eigenvalue weighted by molar-refractivity contribution is 7.71. The van der Waals surface area contributed by atoms with Crippen LogP contribution in [0.2, 0.25) is 0 Å². The van der Waals surface area contributed by atoms with Gasteiger partial charge in [-0.05, 0) is 42.0 Å². The molecule has 0 bridgehead atoms. The lowest BCUT2D eigenvalue weighted by atomic mass is 10.2. The molecular weight excluding hydrogens is 393 g/mol. The Morgan fingerprint density at radius 1 is 1.14 bits per heavy atom. The Morgan fingerprint density at radius 2 is 1.82 bits per heavy atom. The number of benzene rings is 2. The summed E-state index contributed by atoms with van der Waals surface area (Å²) < 4.78 is 42.4. The van der Waals surface area contributed by atoms with Crippen molar-refractivity contribution in [1.82, 2.24) is 14.8 Å². The fraction of sp³-hybridized carbons (Fsp3) is 0.167. The van der Waals surface area contributed by atoms with Gasteiger partial charge in [-0.15, -0.1) is 13.2 Å². The minimum atomic E-state index is -4.76. The number of hydrogen-bond acceptors (Lipinski definition) is 4. The van der Waals surface area contributed by atoms with Crippen molar-refractivity contribution in [3.05, 3.63) is 70.8 Å². The third kappa shape index (κ3) is 5.43. The summed E-state index contributed by atoms with van der Waals surface area (Å²) in [5.41, 5.74) is 1.34. The number of carbonyl (C=O) groups is 1. The van der Waals surface area contributed by atoms with Crippen LogP contribution in [-0.4, -0.2) is 27.0 Å². The van der Waals surface area contributed by atoms with E-state index in [1.807, 2.05) is 30.3 Å². The number of aromatic nitrogens is 3. The molecule has 1 aromatic heterocycles. The quantitative estimate of drug-likeness (QED) is 0.603.